The third kappa shape index (κ3) is 2.65. The van der Waals surface area contributed by atoms with Crippen molar-refractivity contribution in [3.63, 3.8) is 0 Å². The van der Waals surface area contributed by atoms with Gasteiger partial charge in [0, 0.05) is 10.0 Å². The SMILES string of the molecule is CNC(c1ccc(Br)c(Cl)c1F)C(F)F. The van der Waals surface area contributed by atoms with Crippen LogP contribution in [0.15, 0.2) is 16.6 Å². The Labute approximate surface area is 98.7 Å². The van der Waals surface area contributed by atoms with E-state index in [0.29, 0.717) is 4.47 Å². The fraction of sp³-hybridized carbons (Fsp3) is 0.333. The molecule has 0 aliphatic rings. The van der Waals surface area contributed by atoms with Crippen molar-refractivity contribution in [1.29, 1.82) is 0 Å². The van der Waals surface area contributed by atoms with Gasteiger partial charge in [0.25, 0.3) is 6.43 Å². The molecule has 1 nitrogen and oxygen atoms in total. The third-order valence-corrected chi connectivity index (χ3v) is 3.22. The van der Waals surface area contributed by atoms with E-state index in [0.717, 1.165) is 0 Å². The van der Waals surface area contributed by atoms with Crippen molar-refractivity contribution in [1.82, 2.24) is 5.32 Å². The van der Waals surface area contributed by atoms with Crippen LogP contribution in [0.2, 0.25) is 5.02 Å². The Hall–Kier alpha value is -0.260. The Kier molecular flexibility index (Phi) is 4.43. The number of hydrogen-bond acceptors (Lipinski definition) is 1. The van der Waals surface area contributed by atoms with Gasteiger partial charge >= 0.3 is 0 Å². The average molecular weight is 303 g/mol. The summed E-state index contributed by atoms with van der Waals surface area (Å²) in [5.74, 6) is -0.828. The quantitative estimate of drug-likeness (QED) is 0.838. The molecule has 0 heterocycles. The summed E-state index contributed by atoms with van der Waals surface area (Å²) in [7, 11) is 1.34. The van der Waals surface area contributed by atoms with E-state index in [-0.39, 0.29) is 10.6 Å². The number of rotatable bonds is 3. The first-order chi connectivity index (χ1) is 6.99. The molecular weight excluding hydrogens is 294 g/mol. The number of benzene rings is 1. The van der Waals surface area contributed by atoms with Crippen LogP contribution in [0, 0.1) is 5.82 Å². The number of nitrogens with one attached hydrogen (secondary N) is 1. The van der Waals surface area contributed by atoms with E-state index in [1.54, 1.807) is 0 Å². The molecule has 1 aromatic rings. The molecule has 0 fully saturated rings. The van der Waals surface area contributed by atoms with Crippen molar-refractivity contribution in [2.24, 2.45) is 0 Å². The summed E-state index contributed by atoms with van der Waals surface area (Å²) in [6, 6.07) is 1.36. The zero-order chi connectivity index (χ0) is 11.6. The number of halogens is 5. The van der Waals surface area contributed by atoms with Gasteiger partial charge in [-0.3, -0.25) is 0 Å². The molecule has 1 rings (SSSR count). The fourth-order valence-electron chi connectivity index (χ4n) is 1.20. The Morgan fingerprint density at radius 2 is 2.00 bits per heavy atom. The second-order valence-electron chi connectivity index (χ2n) is 2.87. The standard InChI is InChI=1S/C9H8BrClF3N/c1-15-8(9(13)14)4-2-3-5(10)6(11)7(4)12/h2-3,8-9,15H,1H3. The molecule has 1 N–H and O–H groups in total. The summed E-state index contributed by atoms with van der Waals surface area (Å²) in [4.78, 5) is 0. The molecule has 0 radical (unpaired) electrons. The highest BCUT2D eigenvalue weighted by atomic mass is 79.9. The lowest BCUT2D eigenvalue weighted by molar-refractivity contribution is 0.101. The predicted molar refractivity (Wildman–Crippen MR) is 56.9 cm³/mol. The van der Waals surface area contributed by atoms with Crippen LogP contribution in [0.4, 0.5) is 13.2 Å². The van der Waals surface area contributed by atoms with Crippen LogP contribution in [0.1, 0.15) is 11.6 Å². The van der Waals surface area contributed by atoms with E-state index < -0.39 is 18.3 Å². The average Bonchev–Trinajstić information content (AvgIpc) is 2.18. The van der Waals surface area contributed by atoms with E-state index in [9.17, 15) is 13.2 Å². The Bertz CT molecular complexity index is 359. The van der Waals surface area contributed by atoms with Gasteiger partial charge in [-0.1, -0.05) is 17.7 Å². The summed E-state index contributed by atoms with van der Waals surface area (Å²) in [6.07, 6.45) is -2.69. The van der Waals surface area contributed by atoms with Crippen molar-refractivity contribution in [3.05, 3.63) is 33.0 Å². The molecule has 0 spiro atoms. The Morgan fingerprint density at radius 3 is 2.47 bits per heavy atom. The van der Waals surface area contributed by atoms with E-state index >= 15 is 0 Å². The molecule has 0 aromatic heterocycles. The van der Waals surface area contributed by atoms with Crippen LogP contribution in [0.5, 0.6) is 0 Å². The summed E-state index contributed by atoms with van der Waals surface area (Å²) < 4.78 is 38.9. The van der Waals surface area contributed by atoms with E-state index in [1.165, 1.54) is 19.2 Å². The van der Waals surface area contributed by atoms with Gasteiger partial charge in [-0.15, -0.1) is 0 Å². The molecule has 0 bridgehead atoms. The Balaban J connectivity index is 3.19. The van der Waals surface area contributed by atoms with Crippen LogP contribution in [0.3, 0.4) is 0 Å². The van der Waals surface area contributed by atoms with Gasteiger partial charge in [0.15, 0.2) is 0 Å². The topological polar surface area (TPSA) is 12.0 Å². The summed E-state index contributed by atoms with van der Waals surface area (Å²) in [5, 5.41) is 2.15. The number of alkyl halides is 2. The third-order valence-electron chi connectivity index (χ3n) is 1.96. The number of hydrogen-bond donors (Lipinski definition) is 1. The maximum atomic E-state index is 13.5. The Morgan fingerprint density at radius 1 is 1.40 bits per heavy atom. The van der Waals surface area contributed by atoms with Crippen LogP contribution in [-0.4, -0.2) is 13.5 Å². The minimum atomic E-state index is -2.69. The van der Waals surface area contributed by atoms with Gasteiger partial charge in [0.05, 0.1) is 11.1 Å². The predicted octanol–water partition coefficient (Wildman–Crippen LogP) is 3.77. The molecule has 1 aromatic carbocycles. The van der Waals surface area contributed by atoms with E-state index in [2.05, 4.69) is 21.2 Å². The van der Waals surface area contributed by atoms with Gasteiger partial charge in [-0.2, -0.15) is 0 Å². The molecule has 1 unspecified atom stereocenters. The van der Waals surface area contributed by atoms with Crippen molar-refractivity contribution in [2.75, 3.05) is 7.05 Å². The highest BCUT2D eigenvalue weighted by molar-refractivity contribution is 9.10. The molecule has 0 aliphatic heterocycles. The molecule has 0 saturated heterocycles. The summed E-state index contributed by atoms with van der Waals surface area (Å²) in [6.45, 7) is 0. The largest absolute Gasteiger partial charge is 0.308 e. The van der Waals surface area contributed by atoms with E-state index in [4.69, 9.17) is 11.6 Å². The van der Waals surface area contributed by atoms with Gasteiger partial charge in [0.1, 0.15) is 5.82 Å². The van der Waals surface area contributed by atoms with Gasteiger partial charge in [-0.05, 0) is 29.0 Å². The normalized spacial score (nSPS) is 13.3. The van der Waals surface area contributed by atoms with Crippen LogP contribution in [0.25, 0.3) is 0 Å². The van der Waals surface area contributed by atoms with Gasteiger partial charge < -0.3 is 5.32 Å². The lowest BCUT2D eigenvalue weighted by Crippen LogP contribution is -2.24. The monoisotopic (exact) mass is 301 g/mol. The molecular formula is C9H8BrClF3N. The second-order valence-corrected chi connectivity index (χ2v) is 4.10. The zero-order valence-electron chi connectivity index (χ0n) is 7.70. The molecule has 0 saturated carbocycles. The zero-order valence-corrected chi connectivity index (χ0v) is 10.0. The van der Waals surface area contributed by atoms with Crippen LogP contribution >= 0.6 is 27.5 Å². The van der Waals surface area contributed by atoms with Crippen molar-refractivity contribution in [3.8, 4) is 0 Å². The molecule has 0 amide bonds. The van der Waals surface area contributed by atoms with Crippen LogP contribution in [-0.2, 0) is 0 Å². The van der Waals surface area contributed by atoms with Crippen molar-refractivity contribution >= 4 is 27.5 Å². The van der Waals surface area contributed by atoms with Gasteiger partial charge in [-0.25, -0.2) is 13.2 Å². The van der Waals surface area contributed by atoms with Crippen LogP contribution < -0.4 is 5.32 Å². The first-order valence-corrected chi connectivity index (χ1v) is 5.25. The van der Waals surface area contributed by atoms with Crippen molar-refractivity contribution in [2.45, 2.75) is 12.5 Å². The summed E-state index contributed by atoms with van der Waals surface area (Å²) >= 11 is 8.60. The van der Waals surface area contributed by atoms with E-state index in [1.807, 2.05) is 0 Å². The lowest BCUT2D eigenvalue weighted by Gasteiger charge is -2.17. The first kappa shape index (κ1) is 12.8. The highest BCUT2D eigenvalue weighted by Gasteiger charge is 2.25. The fourth-order valence-corrected chi connectivity index (χ4v) is 1.68. The first-order valence-electron chi connectivity index (χ1n) is 4.07. The minimum absolute atomic E-state index is 0.138. The molecule has 84 valence electrons. The maximum absolute atomic E-state index is 13.5. The molecule has 6 heteroatoms. The molecule has 1 atom stereocenters. The second kappa shape index (κ2) is 5.18. The van der Waals surface area contributed by atoms with Crippen molar-refractivity contribution < 1.29 is 13.2 Å². The highest BCUT2D eigenvalue weighted by Crippen LogP contribution is 2.32. The smallest absolute Gasteiger partial charge is 0.257 e. The lowest BCUT2D eigenvalue weighted by atomic mass is 10.1. The molecule has 0 aliphatic carbocycles. The molecule has 15 heavy (non-hydrogen) atoms. The maximum Gasteiger partial charge on any atom is 0.257 e. The minimum Gasteiger partial charge on any atom is -0.308 e. The summed E-state index contributed by atoms with van der Waals surface area (Å²) in [5.41, 5.74) is -0.138. The van der Waals surface area contributed by atoms with Gasteiger partial charge in [0.2, 0.25) is 0 Å².